The second kappa shape index (κ2) is 23.7. The highest BCUT2D eigenvalue weighted by Gasteiger charge is 2.35. The summed E-state index contributed by atoms with van der Waals surface area (Å²) in [6.07, 6.45) is 11.3. The molecule has 0 radical (unpaired) electrons. The Hall–Kier alpha value is -4.65. The van der Waals surface area contributed by atoms with Crippen LogP contribution in [0.4, 0.5) is 0 Å². The van der Waals surface area contributed by atoms with E-state index in [0.29, 0.717) is 0 Å². The molecule has 0 bridgehead atoms. The zero-order valence-corrected chi connectivity index (χ0v) is 51.7. The van der Waals surface area contributed by atoms with Crippen molar-refractivity contribution in [1.29, 1.82) is 0 Å². The van der Waals surface area contributed by atoms with Gasteiger partial charge in [0.05, 0.1) is 5.41 Å². The first kappa shape index (κ1) is 65.4. The molecule has 402 valence electrons. The highest BCUT2D eigenvalue weighted by Crippen LogP contribution is 2.36. The van der Waals surface area contributed by atoms with Crippen LogP contribution in [0.5, 0.6) is 0 Å². The van der Waals surface area contributed by atoms with Gasteiger partial charge in [0.2, 0.25) is 17.5 Å². The van der Waals surface area contributed by atoms with Crippen molar-refractivity contribution < 1.29 is 9.94 Å². The normalized spacial score (nSPS) is 13.0. The van der Waals surface area contributed by atoms with Crippen LogP contribution < -0.4 is 10.3 Å². The molecule has 7 heteroatoms. The van der Waals surface area contributed by atoms with E-state index >= 15 is 0 Å². The summed E-state index contributed by atoms with van der Waals surface area (Å²) in [5, 5.41) is 9.91. The molecule has 5 aromatic rings. The maximum atomic E-state index is 11.4. The third-order valence-electron chi connectivity index (χ3n) is 12.2. The van der Waals surface area contributed by atoms with Crippen LogP contribution in [0.15, 0.2) is 90.5 Å². The van der Waals surface area contributed by atoms with Crippen molar-refractivity contribution in [3.63, 3.8) is 0 Å². The molecular weight excluding hydrogens is 883 g/mol. The molecule has 0 saturated carbocycles. The quantitative estimate of drug-likeness (QED) is 0.119. The molecule has 0 spiro atoms. The predicted molar refractivity (Wildman–Crippen MR) is 311 cm³/mol. The van der Waals surface area contributed by atoms with Gasteiger partial charge in [-0.05, 0) is 95.6 Å². The summed E-state index contributed by atoms with van der Waals surface area (Å²) in [5.74, 6) is 0. The summed E-state index contributed by atoms with van der Waals surface area (Å²) in [7, 11) is 0. The monoisotopic (exact) mass is 989 g/mol. The molecule has 72 heavy (non-hydrogen) atoms. The number of nitrogens with zero attached hydrogens (tertiary/aromatic N) is 4. The van der Waals surface area contributed by atoms with Crippen LogP contribution in [-0.4, -0.2) is 25.1 Å². The lowest BCUT2D eigenvalue weighted by Gasteiger charge is -2.29. The Morgan fingerprint density at radius 3 is 1.04 bits per heavy atom. The van der Waals surface area contributed by atoms with Gasteiger partial charge in [-0.2, -0.15) is 0 Å². The summed E-state index contributed by atoms with van der Waals surface area (Å²) >= 11 is 0. The second-order valence-corrected chi connectivity index (χ2v) is 30.0. The van der Waals surface area contributed by atoms with Crippen molar-refractivity contribution in [2.24, 2.45) is 0 Å². The zero-order chi connectivity index (χ0) is 56.7. The molecule has 0 fully saturated rings. The van der Waals surface area contributed by atoms with Gasteiger partial charge >= 0.3 is 0 Å². The third-order valence-corrected chi connectivity index (χ3v) is 12.2. The summed E-state index contributed by atoms with van der Waals surface area (Å²) in [6, 6.07) is 16.0. The molecule has 0 unspecified atom stereocenters. The molecular formula is C65H106N5O2+. The first-order valence-electron chi connectivity index (χ1n) is 26.3. The summed E-state index contributed by atoms with van der Waals surface area (Å²) < 4.78 is 1.25. The van der Waals surface area contributed by atoms with Gasteiger partial charge in [0, 0.05) is 75.6 Å². The molecule has 5 rings (SSSR count). The fraction of sp³-hybridized carbons (Fsp3) is 0.615. The fourth-order valence-electron chi connectivity index (χ4n) is 8.44. The lowest BCUT2D eigenvalue weighted by Crippen LogP contribution is -2.43. The van der Waals surface area contributed by atoms with E-state index in [4.69, 9.17) is 0 Å². The molecule has 0 aromatic carbocycles. The van der Waals surface area contributed by atoms with Gasteiger partial charge in [0.25, 0.3) is 0 Å². The SMILES string of the molecule is CC(C)(C)c1ccc(=O)[nH]c1C(C)(C)C.CC(C)(C)c1ccc[n+](O)c1C(C)(C)C.CC(C)(C)c1cccnc1C(C)(C)C.CC(C)(C)c1ccncc1C(C)(C)C.CC(C)(C)c1ccncc1C(C)(C)C. The van der Waals surface area contributed by atoms with Crippen LogP contribution in [-0.2, 0) is 54.1 Å². The highest BCUT2D eigenvalue weighted by atomic mass is 16.5. The Labute approximate surface area is 441 Å². The minimum absolute atomic E-state index is 0.0204. The van der Waals surface area contributed by atoms with E-state index in [-0.39, 0.29) is 59.7 Å². The van der Waals surface area contributed by atoms with E-state index in [1.54, 1.807) is 12.3 Å². The Bertz CT molecular complexity index is 2270. The Morgan fingerprint density at radius 2 is 0.750 bits per heavy atom. The van der Waals surface area contributed by atoms with Crippen LogP contribution in [0.1, 0.15) is 264 Å². The number of nitrogens with one attached hydrogen (secondary N) is 1. The van der Waals surface area contributed by atoms with E-state index < -0.39 is 0 Å². The standard InChI is InChI=1S/C13H22NO.C13H21NO.3C13H21N/c1-12(2,3)10-8-7-9-14(15)11(10)13(4,5)6;1-12(2,3)9-7-8-10(15)14-11(9)13(4,5)6;2*1-12(2,3)10-7-8-14-9-11(10)13(4,5)6;1-12(2,3)10-8-7-9-14-11(10)13(4,5)6/h7-9,15H,1-6H3;7-8H,1-6H3,(H,14,15);3*7-9H,1-6H3/q+1;;;;. The van der Waals surface area contributed by atoms with Crippen LogP contribution in [0.25, 0.3) is 0 Å². The molecule has 7 nitrogen and oxygen atoms in total. The van der Waals surface area contributed by atoms with Gasteiger partial charge in [-0.25, -0.2) is 0 Å². The van der Waals surface area contributed by atoms with Gasteiger partial charge in [-0.3, -0.25) is 25.0 Å². The van der Waals surface area contributed by atoms with E-state index in [1.165, 1.54) is 49.4 Å². The van der Waals surface area contributed by atoms with E-state index in [2.05, 4.69) is 252 Å². The first-order chi connectivity index (χ1) is 31.9. The van der Waals surface area contributed by atoms with E-state index in [1.807, 2.05) is 49.2 Å². The number of hydrogen-bond donors (Lipinski definition) is 2. The minimum atomic E-state index is -0.0569. The van der Waals surface area contributed by atoms with Gasteiger partial charge in [-0.1, -0.05) is 220 Å². The third kappa shape index (κ3) is 20.3. The number of hydrogen-bond acceptors (Lipinski definition) is 5. The van der Waals surface area contributed by atoms with Crippen LogP contribution in [0.3, 0.4) is 0 Å². The molecule has 2 N–H and O–H groups in total. The smallest absolute Gasteiger partial charge is 0.248 e. The van der Waals surface area contributed by atoms with E-state index in [9.17, 15) is 10.0 Å². The van der Waals surface area contributed by atoms with Gasteiger partial charge in [-0.15, -0.1) is 0 Å². The minimum Gasteiger partial charge on any atom is -0.325 e. The van der Waals surface area contributed by atoms with Crippen LogP contribution >= 0.6 is 0 Å². The number of H-pyrrole nitrogens is 1. The molecule has 0 aliphatic rings. The summed E-state index contributed by atoms with van der Waals surface area (Å²) in [4.78, 5) is 27.3. The average Bonchev–Trinajstić information content (AvgIpc) is 3.18. The molecule has 0 saturated heterocycles. The molecule has 5 aromatic heterocycles. The lowest BCUT2D eigenvalue weighted by atomic mass is 9.76. The van der Waals surface area contributed by atoms with Gasteiger partial charge in [0.1, 0.15) is 0 Å². The second-order valence-electron chi connectivity index (χ2n) is 30.0. The number of aromatic amines is 1. The van der Waals surface area contributed by atoms with Gasteiger partial charge in [0.15, 0.2) is 0 Å². The molecule has 0 atom stereocenters. The Kier molecular flexibility index (Phi) is 21.5. The Balaban J connectivity index is 0.000000450. The maximum Gasteiger partial charge on any atom is 0.248 e. The molecule has 0 amide bonds. The number of aromatic nitrogens is 5. The van der Waals surface area contributed by atoms with Crippen molar-refractivity contribution in [1.82, 2.24) is 19.9 Å². The number of rotatable bonds is 0. The van der Waals surface area contributed by atoms with Crippen molar-refractivity contribution in [3.8, 4) is 0 Å². The zero-order valence-electron chi connectivity index (χ0n) is 51.7. The highest BCUT2D eigenvalue weighted by molar-refractivity contribution is 5.37. The number of pyridine rings is 5. The van der Waals surface area contributed by atoms with Crippen LogP contribution in [0.2, 0.25) is 0 Å². The maximum absolute atomic E-state index is 11.4. The predicted octanol–water partition coefficient (Wildman–Crippen LogP) is 16.8. The van der Waals surface area contributed by atoms with Crippen LogP contribution in [0, 0.1) is 0 Å². The Morgan fingerprint density at radius 1 is 0.375 bits per heavy atom. The van der Waals surface area contributed by atoms with Crippen molar-refractivity contribution in [2.45, 2.75) is 262 Å². The van der Waals surface area contributed by atoms with Crippen molar-refractivity contribution in [2.75, 3.05) is 0 Å². The van der Waals surface area contributed by atoms with Crippen molar-refractivity contribution >= 4 is 0 Å². The summed E-state index contributed by atoms with van der Waals surface area (Å²) in [6.45, 7) is 65.9. The first-order valence-corrected chi connectivity index (χ1v) is 26.3. The average molecular weight is 990 g/mol. The fourth-order valence-corrected chi connectivity index (χ4v) is 8.44. The van der Waals surface area contributed by atoms with E-state index in [0.717, 1.165) is 11.4 Å². The summed E-state index contributed by atoms with van der Waals surface area (Å²) in [5.41, 5.74) is 13.6. The molecule has 0 aliphatic heterocycles. The lowest BCUT2D eigenvalue weighted by molar-refractivity contribution is -0.911. The molecule has 5 heterocycles. The largest absolute Gasteiger partial charge is 0.325 e. The van der Waals surface area contributed by atoms with Crippen molar-refractivity contribution in [3.05, 3.63) is 152 Å². The van der Waals surface area contributed by atoms with Gasteiger partial charge < -0.3 is 4.98 Å². The molecule has 0 aliphatic carbocycles. The topological polar surface area (TPSA) is 95.6 Å².